The van der Waals surface area contributed by atoms with Gasteiger partial charge >= 0.3 is 5.97 Å². The van der Waals surface area contributed by atoms with Crippen LogP contribution in [0.2, 0.25) is 0 Å². The number of allylic oxidation sites excluding steroid dienone is 1. The Kier molecular flexibility index (Phi) is 2.68. The lowest BCUT2D eigenvalue weighted by molar-refractivity contribution is -0.136. The molecule has 2 rings (SSSR count). The maximum Gasteiger partial charge on any atom is 0.337 e. The van der Waals surface area contributed by atoms with E-state index in [0.29, 0.717) is 0 Å². The van der Waals surface area contributed by atoms with Gasteiger partial charge in [-0.3, -0.25) is 0 Å². The third-order valence-corrected chi connectivity index (χ3v) is 3.38. The van der Waals surface area contributed by atoms with Crippen LogP contribution in [0.5, 0.6) is 0 Å². The van der Waals surface area contributed by atoms with Crippen LogP contribution in [-0.4, -0.2) is 16.4 Å². The van der Waals surface area contributed by atoms with Gasteiger partial charge in [0.1, 0.15) is 0 Å². The average molecular weight is 221 g/mol. The van der Waals surface area contributed by atoms with Crippen LogP contribution in [0.15, 0.2) is 41.4 Å². The molecule has 1 aromatic carbocycles. The van der Waals surface area contributed by atoms with Crippen molar-refractivity contribution in [1.82, 2.24) is 0 Å². The molecule has 0 saturated heterocycles. The van der Waals surface area contributed by atoms with Crippen molar-refractivity contribution < 1.29 is 9.90 Å². The van der Waals surface area contributed by atoms with Crippen LogP contribution in [0, 0.1) is 0 Å². The predicted octanol–water partition coefficient (Wildman–Crippen LogP) is 2.51. The number of carbonyl (C=O) groups is 1. The van der Waals surface area contributed by atoms with Crippen LogP contribution in [0.4, 0.5) is 5.69 Å². The summed E-state index contributed by atoms with van der Waals surface area (Å²) in [4.78, 5) is 12.9. The number of aliphatic carboxylic acids is 1. The molecule has 1 aromatic rings. The zero-order valence-electron chi connectivity index (χ0n) is 8.25. The molecular formula is C11H11NO2S. The van der Waals surface area contributed by atoms with Crippen molar-refractivity contribution in [2.24, 2.45) is 0 Å². The van der Waals surface area contributed by atoms with Crippen molar-refractivity contribution in [1.29, 1.82) is 0 Å². The highest BCUT2D eigenvalue weighted by molar-refractivity contribution is 8.03. The first-order valence-corrected chi connectivity index (χ1v) is 5.54. The number of carboxylic acid groups (broad SMARTS) is 1. The van der Waals surface area contributed by atoms with Gasteiger partial charge in [0, 0.05) is 11.4 Å². The fourth-order valence-electron chi connectivity index (χ4n) is 1.56. The van der Waals surface area contributed by atoms with Crippen LogP contribution in [0.25, 0.3) is 0 Å². The fourth-order valence-corrected chi connectivity index (χ4v) is 2.53. The highest BCUT2D eigenvalue weighted by Crippen LogP contribution is 2.35. The van der Waals surface area contributed by atoms with Crippen molar-refractivity contribution in [3.05, 3.63) is 41.4 Å². The van der Waals surface area contributed by atoms with E-state index in [9.17, 15) is 4.79 Å². The molecule has 1 heterocycles. The summed E-state index contributed by atoms with van der Waals surface area (Å²) in [5.41, 5.74) is 1.89. The number of nitrogens with zero attached hydrogens (tertiary/aromatic N) is 1. The Balaban J connectivity index is 2.34. The summed E-state index contributed by atoms with van der Waals surface area (Å²) in [5, 5.41) is 10.4. The number of carboxylic acids is 1. The van der Waals surface area contributed by atoms with Gasteiger partial charge in [0.15, 0.2) is 5.37 Å². The fraction of sp³-hybridized carbons (Fsp3) is 0.182. The summed E-state index contributed by atoms with van der Waals surface area (Å²) in [7, 11) is 0. The molecule has 15 heavy (non-hydrogen) atoms. The standard InChI is InChI=1S/C11H11NO2S/c1-8-7-15-10(11(13)14)12(8)9-5-3-2-4-6-9/h2-7,10H,1H3,(H,13,14). The number of rotatable bonds is 2. The molecule has 1 aliphatic rings. The molecule has 1 unspecified atom stereocenters. The lowest BCUT2D eigenvalue weighted by atomic mass is 10.2. The van der Waals surface area contributed by atoms with Gasteiger partial charge < -0.3 is 10.0 Å². The largest absolute Gasteiger partial charge is 0.479 e. The summed E-state index contributed by atoms with van der Waals surface area (Å²) in [5.74, 6) is -0.808. The second-order valence-corrected chi connectivity index (χ2v) is 4.25. The highest BCUT2D eigenvalue weighted by Gasteiger charge is 2.31. The molecule has 0 aromatic heterocycles. The van der Waals surface area contributed by atoms with E-state index in [-0.39, 0.29) is 0 Å². The Morgan fingerprint density at radius 2 is 2.07 bits per heavy atom. The van der Waals surface area contributed by atoms with E-state index in [0.717, 1.165) is 11.4 Å². The smallest absolute Gasteiger partial charge is 0.337 e. The Morgan fingerprint density at radius 1 is 1.40 bits per heavy atom. The third kappa shape index (κ3) is 1.85. The molecule has 1 N–H and O–H groups in total. The van der Waals surface area contributed by atoms with E-state index >= 15 is 0 Å². The topological polar surface area (TPSA) is 40.5 Å². The number of hydrogen-bond donors (Lipinski definition) is 1. The van der Waals surface area contributed by atoms with Crippen LogP contribution in [0.1, 0.15) is 6.92 Å². The number of thioether (sulfide) groups is 1. The Bertz CT molecular complexity index is 402. The van der Waals surface area contributed by atoms with Crippen molar-refractivity contribution in [2.75, 3.05) is 4.90 Å². The minimum Gasteiger partial charge on any atom is -0.479 e. The predicted molar refractivity (Wildman–Crippen MR) is 61.7 cm³/mol. The van der Waals surface area contributed by atoms with Crippen molar-refractivity contribution in [3.8, 4) is 0 Å². The molecule has 0 radical (unpaired) electrons. The number of benzene rings is 1. The molecule has 0 aliphatic carbocycles. The molecule has 4 heteroatoms. The van der Waals surface area contributed by atoms with Crippen molar-refractivity contribution in [2.45, 2.75) is 12.3 Å². The quantitative estimate of drug-likeness (QED) is 0.833. The van der Waals surface area contributed by atoms with E-state index in [4.69, 9.17) is 5.11 Å². The van der Waals surface area contributed by atoms with E-state index < -0.39 is 11.3 Å². The summed E-state index contributed by atoms with van der Waals surface area (Å²) in [6, 6.07) is 9.56. The summed E-state index contributed by atoms with van der Waals surface area (Å²) >= 11 is 1.33. The van der Waals surface area contributed by atoms with Gasteiger partial charge in [0.05, 0.1) is 0 Å². The summed E-state index contributed by atoms with van der Waals surface area (Å²) in [6.45, 7) is 1.92. The molecular weight excluding hydrogens is 210 g/mol. The molecule has 0 fully saturated rings. The van der Waals surface area contributed by atoms with Gasteiger partial charge in [0.2, 0.25) is 0 Å². The average Bonchev–Trinajstić information content (AvgIpc) is 2.61. The zero-order chi connectivity index (χ0) is 10.8. The van der Waals surface area contributed by atoms with Crippen LogP contribution in [0.3, 0.4) is 0 Å². The number of para-hydroxylation sites is 1. The second kappa shape index (κ2) is 3.98. The first-order valence-electron chi connectivity index (χ1n) is 4.59. The first-order chi connectivity index (χ1) is 7.20. The highest BCUT2D eigenvalue weighted by atomic mass is 32.2. The van der Waals surface area contributed by atoms with Gasteiger partial charge in [-0.25, -0.2) is 4.79 Å². The zero-order valence-corrected chi connectivity index (χ0v) is 9.07. The second-order valence-electron chi connectivity index (χ2n) is 3.29. The Labute approximate surface area is 92.4 Å². The lowest BCUT2D eigenvalue weighted by Gasteiger charge is -2.24. The van der Waals surface area contributed by atoms with Crippen LogP contribution < -0.4 is 4.90 Å². The summed E-state index contributed by atoms with van der Waals surface area (Å²) in [6.07, 6.45) is 0. The van der Waals surface area contributed by atoms with Crippen LogP contribution in [-0.2, 0) is 4.79 Å². The first kappa shape index (κ1) is 10.1. The van der Waals surface area contributed by atoms with Gasteiger partial charge in [-0.1, -0.05) is 30.0 Å². The van der Waals surface area contributed by atoms with Crippen molar-refractivity contribution >= 4 is 23.4 Å². The monoisotopic (exact) mass is 221 g/mol. The van der Waals surface area contributed by atoms with Crippen LogP contribution >= 0.6 is 11.8 Å². The lowest BCUT2D eigenvalue weighted by Crippen LogP contribution is -2.34. The Hall–Kier alpha value is -1.42. The molecule has 0 bridgehead atoms. The third-order valence-electron chi connectivity index (χ3n) is 2.23. The van der Waals surface area contributed by atoms with Gasteiger partial charge in [0.25, 0.3) is 0 Å². The van der Waals surface area contributed by atoms with Gasteiger partial charge in [-0.2, -0.15) is 0 Å². The van der Waals surface area contributed by atoms with E-state index in [1.807, 2.05) is 47.6 Å². The van der Waals surface area contributed by atoms with E-state index in [1.54, 1.807) is 0 Å². The van der Waals surface area contributed by atoms with Gasteiger partial charge in [-0.15, -0.1) is 0 Å². The van der Waals surface area contributed by atoms with E-state index in [2.05, 4.69) is 0 Å². The van der Waals surface area contributed by atoms with Crippen molar-refractivity contribution in [3.63, 3.8) is 0 Å². The molecule has 1 atom stereocenters. The minimum absolute atomic E-state index is 0.535. The molecule has 0 amide bonds. The maximum atomic E-state index is 11.0. The molecule has 0 saturated carbocycles. The summed E-state index contributed by atoms with van der Waals surface area (Å²) < 4.78 is 0. The molecule has 0 spiro atoms. The maximum absolute atomic E-state index is 11.0. The van der Waals surface area contributed by atoms with E-state index in [1.165, 1.54) is 11.8 Å². The molecule has 3 nitrogen and oxygen atoms in total. The SMILES string of the molecule is CC1=CSC(C(=O)O)N1c1ccccc1. The Morgan fingerprint density at radius 3 is 2.67 bits per heavy atom. The molecule has 1 aliphatic heterocycles. The normalized spacial score (nSPS) is 20.2. The number of hydrogen-bond acceptors (Lipinski definition) is 3. The van der Waals surface area contributed by atoms with Gasteiger partial charge in [-0.05, 0) is 24.5 Å². The molecule has 78 valence electrons. The number of anilines is 1. The minimum atomic E-state index is -0.808.